The Balaban J connectivity index is -0.00000112. The summed E-state index contributed by atoms with van der Waals surface area (Å²) in [4.78, 5) is 38.3. The summed E-state index contributed by atoms with van der Waals surface area (Å²) >= 11 is 0. The molecule has 0 spiro atoms. The van der Waals surface area contributed by atoms with Crippen LogP contribution in [0.1, 0.15) is 0 Å². The molecule has 1 unspecified atom stereocenters. The molecule has 0 saturated heterocycles. The summed E-state index contributed by atoms with van der Waals surface area (Å²) in [5.41, 5.74) is -2.69. The van der Waals surface area contributed by atoms with E-state index in [1.54, 1.807) is 0 Å². The molecule has 18 heavy (non-hydrogen) atoms. The Hall–Kier alpha value is 1.17. The number of Topliss-reactive ketones (excluding diaryl/α,β-unsaturated/α-hetero) is 1. The first kappa shape index (κ1) is 24.2. The second kappa shape index (κ2) is 9.98. The molecule has 5 N–H and O–H groups in total. The minimum atomic E-state index is -4.73. The summed E-state index contributed by atoms with van der Waals surface area (Å²) in [5, 5.41) is 26.6. The monoisotopic (exact) mass is 305 g/mol. The molecule has 0 fully saturated rings. The van der Waals surface area contributed by atoms with E-state index in [4.69, 9.17) is 20.1 Å². The first-order valence-electron chi connectivity index (χ1n) is 3.96. The van der Waals surface area contributed by atoms with Crippen molar-refractivity contribution in [2.24, 2.45) is 0 Å². The average molecular weight is 305 g/mol. The fourth-order valence-corrected chi connectivity index (χ4v) is 1.86. The van der Waals surface area contributed by atoms with Crippen LogP contribution in [-0.2, 0) is 14.2 Å². The van der Waals surface area contributed by atoms with Gasteiger partial charge in [-0.15, -0.1) is 0 Å². The number of ketones is 1. The summed E-state index contributed by atoms with van der Waals surface area (Å²) in [6.45, 7) is -2.22. The average Bonchev–Trinajstić information content (AvgIpc) is 2.14. The molecule has 1 atom stereocenters. The van der Waals surface area contributed by atoms with Crippen LogP contribution in [0.15, 0.2) is 0 Å². The molecule has 0 radical (unpaired) electrons. The van der Waals surface area contributed by atoms with E-state index in [9.17, 15) is 19.3 Å². The number of aliphatic hydroxyl groups excluding tert-OH is 1. The Morgan fingerprint density at radius 3 is 2.06 bits per heavy atom. The van der Waals surface area contributed by atoms with Crippen LogP contribution in [0.25, 0.3) is 0 Å². The van der Waals surface area contributed by atoms with E-state index < -0.39 is 38.3 Å². The third-order valence-electron chi connectivity index (χ3n) is 1.68. The summed E-state index contributed by atoms with van der Waals surface area (Å²) in [6.07, 6.45) is -1.42. The van der Waals surface area contributed by atoms with Gasteiger partial charge in [0.1, 0.15) is 6.54 Å². The molecule has 0 aromatic carbocycles. The maximum atomic E-state index is 11.2. The van der Waals surface area contributed by atoms with Gasteiger partial charge >= 0.3 is 66.7 Å². The summed E-state index contributed by atoms with van der Waals surface area (Å²) in [5.74, 6) is -1.28. The predicted molar refractivity (Wildman–Crippen MR) is 62.8 cm³/mol. The third kappa shape index (κ3) is 9.13. The van der Waals surface area contributed by atoms with Crippen LogP contribution in [0, 0.1) is 0 Å². The first-order chi connectivity index (χ1) is 7.14. The van der Waals surface area contributed by atoms with Gasteiger partial charge in [0.05, 0.1) is 12.8 Å². The molecule has 0 rings (SSSR count). The Kier molecular flexibility index (Phi) is 13.4. The third-order valence-corrected chi connectivity index (χ3v) is 2.61. The predicted octanol–water partition coefficient (Wildman–Crippen LogP) is -3.99. The van der Waals surface area contributed by atoms with Crippen molar-refractivity contribution in [2.75, 3.05) is 19.3 Å². The molecule has 98 valence electrons. The number of hydrogen-bond acceptors (Lipinski definition) is 6. The summed E-state index contributed by atoms with van der Waals surface area (Å²) in [7, 11) is -4.73. The van der Waals surface area contributed by atoms with Gasteiger partial charge in [0.25, 0.3) is 0 Å². The van der Waals surface area contributed by atoms with Crippen molar-refractivity contribution in [3.8, 4) is 0 Å². The van der Waals surface area contributed by atoms with Gasteiger partial charge in [-0.1, -0.05) is 0 Å². The zero-order valence-corrected chi connectivity index (χ0v) is 8.95. The molecule has 0 heterocycles. The van der Waals surface area contributed by atoms with Crippen LogP contribution >= 0.6 is 7.60 Å². The van der Waals surface area contributed by atoms with Crippen LogP contribution in [0.2, 0.25) is 0 Å². The molecule has 1 amide bonds. The SMILES string of the molecule is O=CN(O)CC(=O)C(O)(CO)CP(=O)(O)O.[NaH].[NaH]. The normalized spacial score (nSPS) is 13.6. The van der Waals surface area contributed by atoms with Crippen LogP contribution < -0.4 is 0 Å². The Morgan fingerprint density at radius 1 is 1.33 bits per heavy atom. The van der Waals surface area contributed by atoms with Crippen molar-refractivity contribution >= 4 is 78.9 Å². The molecule has 9 nitrogen and oxygen atoms in total. The van der Waals surface area contributed by atoms with Gasteiger partial charge in [0.15, 0.2) is 11.4 Å². The fraction of sp³-hybridized carbons (Fsp3) is 0.667. The van der Waals surface area contributed by atoms with E-state index in [0.29, 0.717) is 0 Å². The van der Waals surface area contributed by atoms with Crippen molar-refractivity contribution in [3.05, 3.63) is 0 Å². The van der Waals surface area contributed by atoms with E-state index in [2.05, 4.69) is 0 Å². The second-order valence-electron chi connectivity index (χ2n) is 3.14. The van der Waals surface area contributed by atoms with Crippen molar-refractivity contribution in [2.45, 2.75) is 5.60 Å². The summed E-state index contributed by atoms with van der Waals surface area (Å²) in [6, 6.07) is 0. The van der Waals surface area contributed by atoms with Crippen LogP contribution in [-0.4, -0.2) is 126 Å². The standard InChI is InChI=1S/C6H12NO8P.2Na.2H/c8-2-6(11,3-16(13,14)15)5(10)1-7(12)4-9;;;;/h4,8,11-12H,1-3H2,(H2,13,14,15);;;;. The molecule has 0 aliphatic rings. The van der Waals surface area contributed by atoms with Gasteiger partial charge in [-0.3, -0.25) is 19.4 Å². The zero-order valence-electron chi connectivity index (χ0n) is 8.05. The second-order valence-corrected chi connectivity index (χ2v) is 4.78. The first-order valence-corrected chi connectivity index (χ1v) is 5.76. The van der Waals surface area contributed by atoms with Crippen LogP contribution in [0.3, 0.4) is 0 Å². The van der Waals surface area contributed by atoms with Crippen molar-refractivity contribution in [1.29, 1.82) is 0 Å². The maximum absolute atomic E-state index is 11.2. The van der Waals surface area contributed by atoms with E-state index in [1.165, 1.54) is 0 Å². The topological polar surface area (TPSA) is 156 Å². The molecule has 0 bridgehead atoms. The molecule has 0 aliphatic heterocycles. The number of rotatable bonds is 7. The van der Waals surface area contributed by atoms with E-state index >= 15 is 0 Å². The van der Waals surface area contributed by atoms with Gasteiger partial charge in [0, 0.05) is 0 Å². The molecule has 0 saturated carbocycles. The molecule has 0 aromatic heterocycles. The molecule has 0 aliphatic carbocycles. The number of carbonyl (C=O) groups excluding carboxylic acids is 2. The minimum absolute atomic E-state index is 0. The number of amides is 1. The van der Waals surface area contributed by atoms with E-state index in [-0.39, 0.29) is 70.6 Å². The molecular formula is C6H14NNa2O8P. The Bertz CT molecular complexity index is 323. The van der Waals surface area contributed by atoms with Gasteiger partial charge < -0.3 is 20.0 Å². The van der Waals surface area contributed by atoms with Crippen molar-refractivity contribution in [3.63, 3.8) is 0 Å². The van der Waals surface area contributed by atoms with Crippen molar-refractivity contribution < 1.29 is 39.4 Å². The number of hydrogen-bond donors (Lipinski definition) is 5. The fourth-order valence-electron chi connectivity index (χ4n) is 0.899. The van der Waals surface area contributed by atoms with Crippen LogP contribution in [0.4, 0.5) is 0 Å². The number of aliphatic hydroxyl groups is 2. The van der Waals surface area contributed by atoms with Gasteiger partial charge in [-0.2, -0.15) is 0 Å². The van der Waals surface area contributed by atoms with E-state index in [0.717, 1.165) is 0 Å². The Labute approximate surface area is 147 Å². The number of carbonyl (C=O) groups is 2. The van der Waals surface area contributed by atoms with Crippen molar-refractivity contribution in [1.82, 2.24) is 5.06 Å². The molecular weight excluding hydrogens is 291 g/mol. The van der Waals surface area contributed by atoms with E-state index in [1.807, 2.05) is 0 Å². The quantitative estimate of drug-likeness (QED) is 0.105. The molecule has 12 heteroatoms. The Morgan fingerprint density at radius 2 is 1.78 bits per heavy atom. The number of hydroxylamine groups is 2. The molecule has 0 aromatic rings. The van der Waals surface area contributed by atoms with Gasteiger partial charge in [0.2, 0.25) is 6.41 Å². The van der Waals surface area contributed by atoms with Crippen LogP contribution in [0.5, 0.6) is 0 Å². The van der Waals surface area contributed by atoms with Gasteiger partial charge in [-0.25, -0.2) is 5.06 Å². The number of nitrogens with zero attached hydrogens (tertiary/aromatic N) is 1. The summed E-state index contributed by atoms with van der Waals surface area (Å²) < 4.78 is 10.6. The van der Waals surface area contributed by atoms with Gasteiger partial charge in [-0.05, 0) is 0 Å². The zero-order chi connectivity index (χ0) is 13.0.